The summed E-state index contributed by atoms with van der Waals surface area (Å²) in [5.41, 5.74) is 3.23. The molecule has 1 saturated heterocycles. The smallest absolute Gasteiger partial charge is 0.264 e. The van der Waals surface area contributed by atoms with E-state index in [4.69, 9.17) is 0 Å². The minimum atomic E-state index is 0.170. The molecular formula is C20H23N3OS. The summed E-state index contributed by atoms with van der Waals surface area (Å²) in [6.45, 7) is 7.12. The summed E-state index contributed by atoms with van der Waals surface area (Å²) in [4.78, 5) is 16.9. The molecule has 1 atom stereocenters. The second-order valence-corrected chi connectivity index (χ2v) is 8.04. The number of rotatable bonds is 2. The molecule has 25 heavy (non-hydrogen) atoms. The zero-order chi connectivity index (χ0) is 17.6. The van der Waals surface area contributed by atoms with Crippen molar-refractivity contribution < 1.29 is 4.79 Å². The second-order valence-electron chi connectivity index (χ2n) is 7.01. The molecule has 1 fully saturated rings. The predicted molar refractivity (Wildman–Crippen MR) is 103 cm³/mol. The van der Waals surface area contributed by atoms with Crippen LogP contribution >= 0.6 is 11.3 Å². The van der Waals surface area contributed by atoms with Crippen molar-refractivity contribution in [1.82, 2.24) is 14.7 Å². The topological polar surface area (TPSA) is 38.1 Å². The first-order chi connectivity index (χ1) is 12.0. The number of benzene rings is 1. The van der Waals surface area contributed by atoms with Crippen LogP contribution in [0.3, 0.4) is 0 Å². The van der Waals surface area contributed by atoms with Gasteiger partial charge in [0, 0.05) is 18.0 Å². The summed E-state index contributed by atoms with van der Waals surface area (Å²) in [5.74, 6) is 0.170. The van der Waals surface area contributed by atoms with Gasteiger partial charge in [-0.3, -0.25) is 4.79 Å². The van der Waals surface area contributed by atoms with E-state index in [9.17, 15) is 4.79 Å². The molecule has 0 bridgehead atoms. The van der Waals surface area contributed by atoms with Crippen LogP contribution in [-0.4, -0.2) is 33.2 Å². The molecule has 3 aromatic rings. The van der Waals surface area contributed by atoms with Gasteiger partial charge in [0.15, 0.2) is 0 Å². The van der Waals surface area contributed by atoms with Gasteiger partial charge in [0.2, 0.25) is 0 Å². The first-order valence-corrected chi connectivity index (χ1v) is 9.73. The zero-order valence-electron chi connectivity index (χ0n) is 15.0. The first kappa shape index (κ1) is 16.3. The lowest BCUT2D eigenvalue weighted by Gasteiger charge is -2.33. The molecular weight excluding hydrogens is 330 g/mol. The molecule has 1 aromatic carbocycles. The van der Waals surface area contributed by atoms with Gasteiger partial charge in [-0.05, 0) is 58.2 Å². The molecule has 0 N–H and O–H groups in total. The SMILES string of the molecule is Cc1ccc(-n2nc(C)c3cc(C(=O)N4CCCC[C@@H]4C)sc32)cc1. The van der Waals surface area contributed by atoms with Crippen LogP contribution in [0.15, 0.2) is 30.3 Å². The van der Waals surface area contributed by atoms with Gasteiger partial charge in [-0.25, -0.2) is 4.68 Å². The van der Waals surface area contributed by atoms with E-state index in [2.05, 4.69) is 43.2 Å². The maximum Gasteiger partial charge on any atom is 0.264 e. The molecule has 0 unspecified atom stereocenters. The Kier molecular flexibility index (Phi) is 4.12. The minimum Gasteiger partial charge on any atom is -0.335 e. The van der Waals surface area contributed by atoms with Crippen LogP contribution in [0, 0.1) is 13.8 Å². The van der Waals surface area contributed by atoms with Crippen molar-refractivity contribution >= 4 is 27.5 Å². The normalized spacial score (nSPS) is 18.0. The highest BCUT2D eigenvalue weighted by Gasteiger charge is 2.26. The molecule has 1 aliphatic rings. The summed E-state index contributed by atoms with van der Waals surface area (Å²) in [6.07, 6.45) is 3.43. The van der Waals surface area contributed by atoms with Crippen LogP contribution in [0.2, 0.25) is 0 Å². The number of hydrogen-bond donors (Lipinski definition) is 0. The van der Waals surface area contributed by atoms with E-state index in [1.54, 1.807) is 11.3 Å². The fourth-order valence-corrected chi connectivity index (χ4v) is 4.69. The monoisotopic (exact) mass is 353 g/mol. The Hall–Kier alpha value is -2.14. The number of hydrogen-bond acceptors (Lipinski definition) is 3. The van der Waals surface area contributed by atoms with Gasteiger partial charge in [0.25, 0.3) is 5.91 Å². The predicted octanol–water partition coefficient (Wildman–Crippen LogP) is 4.72. The van der Waals surface area contributed by atoms with Gasteiger partial charge in [-0.1, -0.05) is 17.7 Å². The average molecular weight is 353 g/mol. The van der Waals surface area contributed by atoms with Crippen LogP contribution < -0.4 is 0 Å². The van der Waals surface area contributed by atoms with E-state index in [0.29, 0.717) is 6.04 Å². The molecule has 130 valence electrons. The van der Waals surface area contributed by atoms with Crippen LogP contribution in [-0.2, 0) is 0 Å². The Morgan fingerprint density at radius 3 is 2.68 bits per heavy atom. The van der Waals surface area contributed by atoms with E-state index in [1.807, 2.05) is 22.6 Å². The van der Waals surface area contributed by atoms with Crippen molar-refractivity contribution in [2.24, 2.45) is 0 Å². The van der Waals surface area contributed by atoms with E-state index in [-0.39, 0.29) is 5.91 Å². The Morgan fingerprint density at radius 2 is 1.96 bits per heavy atom. The van der Waals surface area contributed by atoms with Crippen LogP contribution in [0.1, 0.15) is 47.1 Å². The highest BCUT2D eigenvalue weighted by atomic mass is 32.1. The molecule has 1 amide bonds. The summed E-state index contributed by atoms with van der Waals surface area (Å²) in [7, 11) is 0. The van der Waals surface area contributed by atoms with Gasteiger partial charge in [0.05, 0.1) is 16.3 Å². The van der Waals surface area contributed by atoms with Gasteiger partial charge >= 0.3 is 0 Å². The largest absolute Gasteiger partial charge is 0.335 e. The number of carbonyl (C=O) groups excluding carboxylic acids is 1. The van der Waals surface area contributed by atoms with Crippen molar-refractivity contribution in [3.05, 3.63) is 46.5 Å². The van der Waals surface area contributed by atoms with Crippen molar-refractivity contribution in [2.45, 2.75) is 46.1 Å². The quantitative estimate of drug-likeness (QED) is 0.669. The number of nitrogens with zero attached hydrogens (tertiary/aromatic N) is 3. The second kappa shape index (κ2) is 6.30. The maximum atomic E-state index is 13.0. The molecule has 0 radical (unpaired) electrons. The van der Waals surface area contributed by atoms with Crippen molar-refractivity contribution in [3.8, 4) is 5.69 Å². The van der Waals surface area contributed by atoms with Crippen molar-refractivity contribution in [2.75, 3.05) is 6.54 Å². The first-order valence-electron chi connectivity index (χ1n) is 8.92. The minimum absolute atomic E-state index is 0.170. The fourth-order valence-electron chi connectivity index (χ4n) is 3.55. The Morgan fingerprint density at radius 1 is 1.20 bits per heavy atom. The summed E-state index contributed by atoms with van der Waals surface area (Å²) in [6, 6.07) is 10.7. The standard InChI is InChI=1S/C20H23N3OS/c1-13-7-9-16(10-8-13)23-20-17(15(3)21-23)12-18(25-20)19(24)22-11-5-4-6-14(22)2/h7-10,12,14H,4-6,11H2,1-3H3/t14-/m0/s1. The van der Waals surface area contributed by atoms with Crippen molar-refractivity contribution in [3.63, 3.8) is 0 Å². The number of aryl methyl sites for hydroxylation is 2. The Labute approximate surface area is 152 Å². The van der Waals surface area contributed by atoms with E-state index >= 15 is 0 Å². The average Bonchev–Trinajstić information content (AvgIpc) is 3.17. The molecule has 2 aromatic heterocycles. The third kappa shape index (κ3) is 2.86. The lowest BCUT2D eigenvalue weighted by molar-refractivity contribution is 0.0641. The van der Waals surface area contributed by atoms with E-state index in [0.717, 1.165) is 45.9 Å². The third-order valence-corrected chi connectivity index (χ3v) is 6.20. The van der Waals surface area contributed by atoms with Gasteiger partial charge in [-0.15, -0.1) is 11.3 Å². The molecule has 3 heterocycles. The molecule has 0 aliphatic carbocycles. The number of thiophene rings is 1. The third-order valence-electron chi connectivity index (χ3n) is 5.10. The lowest BCUT2D eigenvalue weighted by atomic mass is 10.0. The maximum absolute atomic E-state index is 13.0. The van der Waals surface area contributed by atoms with E-state index < -0.39 is 0 Å². The van der Waals surface area contributed by atoms with E-state index in [1.165, 1.54) is 12.0 Å². The molecule has 4 nitrogen and oxygen atoms in total. The number of carbonyl (C=O) groups is 1. The summed E-state index contributed by atoms with van der Waals surface area (Å²) >= 11 is 1.56. The highest BCUT2D eigenvalue weighted by molar-refractivity contribution is 7.20. The highest BCUT2D eigenvalue weighted by Crippen LogP contribution is 2.32. The van der Waals surface area contributed by atoms with Gasteiger partial charge in [0.1, 0.15) is 4.83 Å². The number of piperidine rings is 1. The van der Waals surface area contributed by atoms with Crippen LogP contribution in [0.4, 0.5) is 0 Å². The molecule has 0 saturated carbocycles. The fraction of sp³-hybridized carbons (Fsp3) is 0.400. The summed E-state index contributed by atoms with van der Waals surface area (Å²) in [5, 5.41) is 5.76. The van der Waals surface area contributed by atoms with Gasteiger partial charge < -0.3 is 4.90 Å². The van der Waals surface area contributed by atoms with Gasteiger partial charge in [-0.2, -0.15) is 5.10 Å². The number of aromatic nitrogens is 2. The Bertz CT molecular complexity index is 922. The molecule has 4 rings (SSSR count). The van der Waals surface area contributed by atoms with Crippen LogP contribution in [0.5, 0.6) is 0 Å². The molecule has 0 spiro atoms. The van der Waals surface area contributed by atoms with Crippen LogP contribution in [0.25, 0.3) is 15.9 Å². The molecule has 5 heteroatoms. The zero-order valence-corrected chi connectivity index (χ0v) is 15.8. The number of fused-ring (bicyclic) bond motifs is 1. The number of likely N-dealkylation sites (tertiary alicyclic amines) is 1. The molecule has 1 aliphatic heterocycles. The Balaban J connectivity index is 1.74. The summed E-state index contributed by atoms with van der Waals surface area (Å²) < 4.78 is 1.96. The number of amides is 1. The lowest BCUT2D eigenvalue weighted by Crippen LogP contribution is -2.41. The van der Waals surface area contributed by atoms with Crippen molar-refractivity contribution in [1.29, 1.82) is 0 Å².